The summed E-state index contributed by atoms with van der Waals surface area (Å²) in [6.07, 6.45) is 3.29. The van der Waals surface area contributed by atoms with Gasteiger partial charge in [0.2, 0.25) is 0 Å². The first-order valence-corrected chi connectivity index (χ1v) is 5.24. The van der Waals surface area contributed by atoms with Crippen LogP contribution in [0.5, 0.6) is 0 Å². The highest BCUT2D eigenvalue weighted by Crippen LogP contribution is 2.26. The lowest BCUT2D eigenvalue weighted by Crippen LogP contribution is -2.42. The molecule has 0 bridgehead atoms. The van der Waals surface area contributed by atoms with Crippen molar-refractivity contribution in [1.82, 2.24) is 14.1 Å². The monoisotopic (exact) mass is 213 g/mol. The third-order valence-corrected chi connectivity index (χ3v) is 2.99. The number of hydrogen-bond donors (Lipinski definition) is 2. The molecule has 0 amide bonds. The molecule has 0 saturated carbocycles. The highest BCUT2D eigenvalue weighted by atomic mass is 32.1. The summed E-state index contributed by atoms with van der Waals surface area (Å²) in [6.45, 7) is 0.735. The number of aliphatic carboxylic acids is 1. The molecule has 1 fully saturated rings. The van der Waals surface area contributed by atoms with Gasteiger partial charge in [0.05, 0.1) is 23.6 Å². The van der Waals surface area contributed by atoms with Crippen molar-refractivity contribution in [2.24, 2.45) is 0 Å². The van der Waals surface area contributed by atoms with Crippen molar-refractivity contribution in [2.45, 2.75) is 24.8 Å². The van der Waals surface area contributed by atoms with Crippen LogP contribution in [0.2, 0.25) is 0 Å². The first kappa shape index (κ1) is 9.54. The fraction of sp³-hybridized carbons (Fsp3) is 0.625. The van der Waals surface area contributed by atoms with Crippen LogP contribution in [0.4, 0.5) is 0 Å². The lowest BCUT2D eigenvalue weighted by molar-refractivity contribution is -0.140. The van der Waals surface area contributed by atoms with Crippen LogP contribution in [-0.4, -0.2) is 32.4 Å². The Morgan fingerprint density at radius 1 is 1.71 bits per heavy atom. The van der Waals surface area contributed by atoms with Gasteiger partial charge in [-0.25, -0.2) is 0 Å². The number of carboxylic acids is 1. The van der Waals surface area contributed by atoms with Crippen LogP contribution in [0, 0.1) is 0 Å². The molecule has 5 nitrogen and oxygen atoms in total. The van der Waals surface area contributed by atoms with Gasteiger partial charge in [0.25, 0.3) is 0 Å². The summed E-state index contributed by atoms with van der Waals surface area (Å²) >= 11 is 1.18. The molecule has 0 radical (unpaired) electrons. The molecule has 2 heterocycles. The van der Waals surface area contributed by atoms with E-state index >= 15 is 0 Å². The van der Waals surface area contributed by atoms with E-state index in [1.165, 1.54) is 11.7 Å². The molecule has 2 unspecified atom stereocenters. The van der Waals surface area contributed by atoms with Crippen molar-refractivity contribution >= 4 is 17.7 Å². The summed E-state index contributed by atoms with van der Waals surface area (Å²) in [7, 11) is 0. The first-order valence-electron chi connectivity index (χ1n) is 4.51. The van der Waals surface area contributed by atoms with Gasteiger partial charge in [-0.05, 0) is 19.4 Å². The minimum Gasteiger partial charge on any atom is -0.480 e. The summed E-state index contributed by atoms with van der Waals surface area (Å²) in [6, 6.07) is -0.435. The Kier molecular flexibility index (Phi) is 2.74. The zero-order chi connectivity index (χ0) is 9.97. The van der Waals surface area contributed by atoms with Gasteiger partial charge < -0.3 is 10.4 Å². The Labute approximate surface area is 85.5 Å². The Balaban J connectivity index is 2.04. The normalized spacial score (nSPS) is 27.4. The third kappa shape index (κ3) is 1.91. The van der Waals surface area contributed by atoms with E-state index in [2.05, 4.69) is 14.1 Å². The van der Waals surface area contributed by atoms with Crippen molar-refractivity contribution in [3.63, 3.8) is 0 Å². The number of carboxylic acid groups (broad SMARTS) is 1. The second kappa shape index (κ2) is 4.02. The second-order valence-electron chi connectivity index (χ2n) is 3.40. The molecular weight excluding hydrogens is 202 g/mol. The largest absolute Gasteiger partial charge is 0.480 e. The molecule has 0 aliphatic carbocycles. The minimum atomic E-state index is -0.780. The van der Waals surface area contributed by atoms with E-state index in [4.69, 9.17) is 5.11 Å². The van der Waals surface area contributed by atoms with Gasteiger partial charge in [-0.1, -0.05) is 0 Å². The van der Waals surface area contributed by atoms with Crippen molar-refractivity contribution in [3.05, 3.63) is 11.9 Å². The molecule has 1 saturated heterocycles. The van der Waals surface area contributed by atoms with Crippen LogP contribution in [0.15, 0.2) is 6.20 Å². The van der Waals surface area contributed by atoms with Crippen molar-refractivity contribution in [2.75, 3.05) is 6.54 Å². The number of piperidine rings is 1. The van der Waals surface area contributed by atoms with Crippen LogP contribution < -0.4 is 5.32 Å². The minimum absolute atomic E-state index is 0.246. The maximum Gasteiger partial charge on any atom is 0.320 e. The van der Waals surface area contributed by atoms with Crippen molar-refractivity contribution in [1.29, 1.82) is 0 Å². The average molecular weight is 213 g/mol. The van der Waals surface area contributed by atoms with Crippen molar-refractivity contribution < 1.29 is 9.90 Å². The molecule has 0 aromatic carbocycles. The number of rotatable bonds is 2. The maximum atomic E-state index is 10.8. The summed E-state index contributed by atoms with van der Waals surface area (Å²) in [5.41, 5.74) is 0.933. The Morgan fingerprint density at radius 3 is 3.21 bits per heavy atom. The summed E-state index contributed by atoms with van der Waals surface area (Å²) in [5, 5.41) is 11.8. The maximum absolute atomic E-state index is 10.8. The molecule has 6 heteroatoms. The Bertz CT molecular complexity index is 314. The summed E-state index contributed by atoms with van der Waals surface area (Å²) in [5.74, 6) is -0.533. The number of nitrogens with zero attached hydrogens (tertiary/aromatic N) is 2. The number of carbonyl (C=O) groups is 1. The van der Waals surface area contributed by atoms with E-state index in [1.54, 1.807) is 6.20 Å². The molecule has 1 aliphatic heterocycles. The molecule has 1 aromatic heterocycles. The quantitative estimate of drug-likeness (QED) is 0.746. The van der Waals surface area contributed by atoms with E-state index in [0.717, 1.165) is 18.7 Å². The van der Waals surface area contributed by atoms with Gasteiger partial charge >= 0.3 is 5.97 Å². The molecule has 1 aliphatic rings. The van der Waals surface area contributed by atoms with Crippen LogP contribution in [0.1, 0.15) is 24.5 Å². The summed E-state index contributed by atoms with van der Waals surface area (Å²) < 4.78 is 8.07. The fourth-order valence-corrected chi connectivity index (χ4v) is 2.22. The SMILES string of the molecule is O=C(O)C1CC(c2cnsn2)CCN1. The van der Waals surface area contributed by atoms with Crippen LogP contribution in [-0.2, 0) is 4.79 Å². The van der Waals surface area contributed by atoms with E-state index in [9.17, 15) is 4.79 Å². The number of nitrogens with one attached hydrogen (secondary N) is 1. The summed E-state index contributed by atoms with van der Waals surface area (Å²) in [4.78, 5) is 10.8. The van der Waals surface area contributed by atoms with Gasteiger partial charge in [-0.2, -0.15) is 8.75 Å². The lowest BCUT2D eigenvalue weighted by atomic mass is 9.90. The number of hydrogen-bond acceptors (Lipinski definition) is 5. The van der Waals surface area contributed by atoms with Gasteiger partial charge in [0.1, 0.15) is 6.04 Å². The van der Waals surface area contributed by atoms with E-state index in [-0.39, 0.29) is 5.92 Å². The average Bonchev–Trinajstić information content (AvgIpc) is 2.71. The highest BCUT2D eigenvalue weighted by molar-refractivity contribution is 6.99. The zero-order valence-electron chi connectivity index (χ0n) is 7.51. The molecule has 1 aromatic rings. The lowest BCUT2D eigenvalue weighted by Gasteiger charge is -2.26. The Morgan fingerprint density at radius 2 is 2.57 bits per heavy atom. The standard InChI is InChI=1S/C8H11N3O2S/c12-8(13)6-3-5(1-2-9-6)7-4-10-14-11-7/h4-6,9H,1-3H2,(H,12,13). The number of aromatic nitrogens is 2. The zero-order valence-corrected chi connectivity index (χ0v) is 8.33. The molecule has 2 N–H and O–H groups in total. The smallest absolute Gasteiger partial charge is 0.320 e. The topological polar surface area (TPSA) is 75.1 Å². The van der Waals surface area contributed by atoms with E-state index in [1.807, 2.05) is 0 Å². The second-order valence-corrected chi connectivity index (χ2v) is 3.96. The van der Waals surface area contributed by atoms with E-state index in [0.29, 0.717) is 6.42 Å². The van der Waals surface area contributed by atoms with Crippen LogP contribution in [0.3, 0.4) is 0 Å². The predicted octanol–water partition coefficient (Wildman–Crippen LogP) is 0.458. The van der Waals surface area contributed by atoms with E-state index < -0.39 is 12.0 Å². The van der Waals surface area contributed by atoms with Gasteiger partial charge in [0.15, 0.2) is 0 Å². The van der Waals surface area contributed by atoms with Crippen LogP contribution >= 0.6 is 11.7 Å². The predicted molar refractivity (Wildman–Crippen MR) is 51.3 cm³/mol. The molecule has 76 valence electrons. The van der Waals surface area contributed by atoms with Gasteiger partial charge in [-0.15, -0.1) is 0 Å². The molecule has 2 atom stereocenters. The molecule has 0 spiro atoms. The van der Waals surface area contributed by atoms with Crippen LogP contribution in [0.25, 0.3) is 0 Å². The first-order chi connectivity index (χ1) is 6.77. The highest BCUT2D eigenvalue weighted by Gasteiger charge is 2.28. The molecule has 2 rings (SSSR count). The van der Waals surface area contributed by atoms with Gasteiger partial charge in [-0.3, -0.25) is 4.79 Å². The third-order valence-electron chi connectivity index (χ3n) is 2.50. The molecular formula is C8H11N3O2S. The Hall–Kier alpha value is -1.01. The molecule has 14 heavy (non-hydrogen) atoms. The van der Waals surface area contributed by atoms with Gasteiger partial charge in [0, 0.05) is 5.92 Å². The van der Waals surface area contributed by atoms with Crippen molar-refractivity contribution in [3.8, 4) is 0 Å². The fourth-order valence-electron chi connectivity index (χ4n) is 1.73.